The van der Waals surface area contributed by atoms with Crippen LogP contribution in [0.25, 0.3) is 0 Å². The Morgan fingerprint density at radius 2 is 1.87 bits per heavy atom. The van der Waals surface area contributed by atoms with Gasteiger partial charge in [0.15, 0.2) is 0 Å². The van der Waals surface area contributed by atoms with Gasteiger partial charge in [0, 0.05) is 0 Å². The molecule has 0 aliphatic heterocycles. The fourth-order valence-corrected chi connectivity index (χ4v) is 0.560. The van der Waals surface area contributed by atoms with Crippen LogP contribution < -0.4 is 0 Å². The topological polar surface area (TPSA) is 40.5 Å². The van der Waals surface area contributed by atoms with E-state index in [1.165, 1.54) is 6.08 Å². The number of hydrogen-bond donors (Lipinski definition) is 2. The molecule has 2 nitrogen and oxygen atoms in total. The summed E-state index contributed by atoms with van der Waals surface area (Å²) in [4.78, 5) is 0. The maximum atomic E-state index is 8.91. The fourth-order valence-electron chi connectivity index (χ4n) is 0.560. The zero-order valence-corrected chi connectivity index (χ0v) is 8.49. The predicted molar refractivity (Wildman–Crippen MR) is 60.4 cm³/mol. The minimum absolute atomic E-state index is 0.281. The molecule has 2 heteroatoms. The van der Waals surface area contributed by atoms with Crippen LogP contribution in [0.2, 0.25) is 0 Å². The smallest absolute Gasteiger partial charge is 0.0954 e. The lowest BCUT2D eigenvalue weighted by Gasteiger charge is -1.95. The van der Waals surface area contributed by atoms with Crippen molar-refractivity contribution in [3.8, 4) is 35.5 Å². The molecule has 0 radical (unpaired) electrons. The second-order valence-corrected chi connectivity index (χ2v) is 2.39. The molecule has 0 rings (SSSR count). The van der Waals surface area contributed by atoms with Crippen molar-refractivity contribution >= 4 is 0 Å². The average Bonchev–Trinajstić information content (AvgIpc) is 2.26. The van der Waals surface area contributed by atoms with Crippen LogP contribution in [0.5, 0.6) is 0 Å². The van der Waals surface area contributed by atoms with E-state index in [1.807, 2.05) is 0 Å². The Morgan fingerprint density at radius 3 is 2.53 bits per heavy atom. The Kier molecular flexibility index (Phi) is 8.86. The molecule has 0 aromatic heterocycles. The first-order valence-electron chi connectivity index (χ1n) is 4.35. The van der Waals surface area contributed by atoms with Gasteiger partial charge in [-0.3, -0.25) is 0 Å². The lowest BCUT2D eigenvalue weighted by molar-refractivity contribution is 0.131. The summed E-state index contributed by atoms with van der Waals surface area (Å²) < 4.78 is 0. The van der Waals surface area contributed by atoms with Gasteiger partial charge in [0.25, 0.3) is 0 Å². The van der Waals surface area contributed by atoms with E-state index in [0.717, 1.165) is 0 Å². The van der Waals surface area contributed by atoms with Crippen molar-refractivity contribution in [3.63, 3.8) is 0 Å². The monoisotopic (exact) mass is 200 g/mol. The molecule has 76 valence electrons. The van der Waals surface area contributed by atoms with Crippen LogP contribution in [0, 0.1) is 35.5 Å². The summed E-state index contributed by atoms with van der Waals surface area (Å²) in [6.45, 7) is 1.43. The van der Waals surface area contributed by atoms with Gasteiger partial charge in [0.1, 0.15) is 0 Å². The first kappa shape index (κ1) is 13.1. The Balaban J connectivity index is 3.94. The molecule has 0 fully saturated rings. The Bertz CT molecular complexity index is 397. The van der Waals surface area contributed by atoms with Crippen molar-refractivity contribution in [1.29, 1.82) is 0 Å². The van der Waals surface area contributed by atoms with Crippen LogP contribution in [-0.4, -0.2) is 22.9 Å². The van der Waals surface area contributed by atoms with Gasteiger partial charge in [-0.1, -0.05) is 30.1 Å². The molecule has 0 aromatic carbocycles. The highest BCUT2D eigenvalue weighted by Crippen LogP contribution is 1.84. The Hall–Kier alpha value is -1.92. The van der Waals surface area contributed by atoms with Crippen molar-refractivity contribution < 1.29 is 10.2 Å². The van der Waals surface area contributed by atoms with Gasteiger partial charge >= 0.3 is 0 Å². The standard InChI is InChI=1S/C13H12O2/c1-2-3-4-5-6-7-8-9-10-11-13(15)12-14/h8-11,13-15H,12H2,1H3/b9-8+,11-10+. The van der Waals surface area contributed by atoms with E-state index in [9.17, 15) is 0 Å². The van der Waals surface area contributed by atoms with Crippen LogP contribution >= 0.6 is 0 Å². The molecule has 1 unspecified atom stereocenters. The molecule has 0 aromatic rings. The van der Waals surface area contributed by atoms with Crippen LogP contribution in [0.4, 0.5) is 0 Å². The molecule has 0 amide bonds. The van der Waals surface area contributed by atoms with E-state index in [-0.39, 0.29) is 6.61 Å². The van der Waals surface area contributed by atoms with Crippen LogP contribution in [0.3, 0.4) is 0 Å². The Labute approximate surface area is 90.3 Å². The third-order valence-electron chi connectivity index (χ3n) is 1.20. The number of allylic oxidation sites excluding steroid dienone is 3. The largest absolute Gasteiger partial charge is 0.393 e. The van der Waals surface area contributed by atoms with Crippen LogP contribution in [-0.2, 0) is 0 Å². The molecular formula is C13H12O2. The quantitative estimate of drug-likeness (QED) is 0.514. The third kappa shape index (κ3) is 10.00. The summed E-state index contributed by atoms with van der Waals surface area (Å²) in [5.41, 5.74) is 0. The summed E-state index contributed by atoms with van der Waals surface area (Å²) in [6, 6.07) is 0. The predicted octanol–water partition coefficient (Wildman–Crippen LogP) is 0.482. The molecule has 0 heterocycles. The van der Waals surface area contributed by atoms with Gasteiger partial charge in [-0.2, -0.15) is 0 Å². The van der Waals surface area contributed by atoms with E-state index >= 15 is 0 Å². The van der Waals surface area contributed by atoms with Gasteiger partial charge in [0.05, 0.1) is 12.7 Å². The van der Waals surface area contributed by atoms with E-state index in [1.54, 1.807) is 25.2 Å². The SMILES string of the molecule is CC#CC#CC#C/C=C/C=C/C(O)CO. The highest BCUT2D eigenvalue weighted by molar-refractivity contribution is 5.37. The lowest BCUT2D eigenvalue weighted by atomic mass is 10.3. The van der Waals surface area contributed by atoms with E-state index in [0.29, 0.717) is 0 Å². The molecule has 0 bridgehead atoms. The summed E-state index contributed by atoms with van der Waals surface area (Å²) in [5, 5.41) is 17.4. The van der Waals surface area contributed by atoms with E-state index in [2.05, 4.69) is 35.5 Å². The maximum Gasteiger partial charge on any atom is 0.0954 e. The number of rotatable bonds is 3. The Morgan fingerprint density at radius 1 is 1.13 bits per heavy atom. The normalized spacial score (nSPS) is 10.9. The van der Waals surface area contributed by atoms with Crippen molar-refractivity contribution in [2.24, 2.45) is 0 Å². The maximum absolute atomic E-state index is 8.91. The summed E-state index contributed by atoms with van der Waals surface area (Å²) in [6.07, 6.45) is 5.50. The zero-order chi connectivity index (χ0) is 11.4. The minimum Gasteiger partial charge on any atom is -0.393 e. The molecule has 0 saturated carbocycles. The van der Waals surface area contributed by atoms with Crippen molar-refractivity contribution in [3.05, 3.63) is 24.3 Å². The number of aliphatic hydroxyl groups excluding tert-OH is 2. The molecule has 2 N–H and O–H groups in total. The summed E-state index contributed by atoms with van der Waals surface area (Å²) in [5.74, 6) is 15.5. The van der Waals surface area contributed by atoms with Gasteiger partial charge < -0.3 is 10.2 Å². The highest BCUT2D eigenvalue weighted by Gasteiger charge is 1.90. The molecule has 0 aliphatic carbocycles. The van der Waals surface area contributed by atoms with Crippen molar-refractivity contribution in [1.82, 2.24) is 0 Å². The number of aliphatic hydroxyl groups is 2. The minimum atomic E-state index is -0.817. The molecule has 1 atom stereocenters. The van der Waals surface area contributed by atoms with Crippen LogP contribution in [0.15, 0.2) is 24.3 Å². The summed E-state index contributed by atoms with van der Waals surface area (Å²) >= 11 is 0. The second-order valence-electron chi connectivity index (χ2n) is 2.39. The van der Waals surface area contributed by atoms with Crippen LogP contribution in [0.1, 0.15) is 6.92 Å². The first-order valence-corrected chi connectivity index (χ1v) is 4.35. The van der Waals surface area contributed by atoms with E-state index < -0.39 is 6.10 Å². The third-order valence-corrected chi connectivity index (χ3v) is 1.20. The van der Waals surface area contributed by atoms with Gasteiger partial charge in [-0.05, 0) is 36.7 Å². The first-order chi connectivity index (χ1) is 7.31. The highest BCUT2D eigenvalue weighted by atomic mass is 16.3. The van der Waals surface area contributed by atoms with Gasteiger partial charge in [0.2, 0.25) is 0 Å². The molecular weight excluding hydrogens is 188 g/mol. The van der Waals surface area contributed by atoms with Crippen molar-refractivity contribution in [2.75, 3.05) is 6.61 Å². The zero-order valence-electron chi connectivity index (χ0n) is 8.49. The fraction of sp³-hybridized carbons (Fsp3) is 0.231. The molecule has 0 saturated heterocycles. The van der Waals surface area contributed by atoms with Gasteiger partial charge in [-0.15, -0.1) is 0 Å². The molecule has 0 aliphatic rings. The van der Waals surface area contributed by atoms with Crippen molar-refractivity contribution in [2.45, 2.75) is 13.0 Å². The lowest BCUT2D eigenvalue weighted by Crippen LogP contribution is -2.06. The number of hydrogen-bond acceptors (Lipinski definition) is 2. The molecule has 15 heavy (non-hydrogen) atoms. The van der Waals surface area contributed by atoms with E-state index in [4.69, 9.17) is 10.2 Å². The van der Waals surface area contributed by atoms with Gasteiger partial charge in [-0.25, -0.2) is 0 Å². The molecule has 0 spiro atoms. The second kappa shape index (κ2) is 10.2. The average molecular weight is 200 g/mol. The summed E-state index contributed by atoms with van der Waals surface area (Å²) in [7, 11) is 0.